The fourth-order valence-corrected chi connectivity index (χ4v) is 3.00. The topological polar surface area (TPSA) is 105 Å². The predicted octanol–water partition coefficient (Wildman–Crippen LogP) is 1.96. The van der Waals surface area contributed by atoms with Crippen LogP contribution in [-0.4, -0.2) is 39.4 Å². The fourth-order valence-electron chi connectivity index (χ4n) is 3.00. The zero-order chi connectivity index (χ0) is 19.7. The Bertz CT molecular complexity index is 1050. The van der Waals surface area contributed by atoms with Gasteiger partial charge in [-0.1, -0.05) is 30.3 Å². The van der Waals surface area contributed by atoms with Crippen molar-refractivity contribution in [1.29, 1.82) is 0 Å². The quantitative estimate of drug-likeness (QED) is 0.683. The number of rotatable bonds is 5. The van der Waals surface area contributed by atoms with Crippen LogP contribution >= 0.6 is 0 Å². The van der Waals surface area contributed by atoms with Crippen LogP contribution in [0.4, 0.5) is 0 Å². The summed E-state index contributed by atoms with van der Waals surface area (Å²) in [4.78, 5) is 37.7. The minimum absolute atomic E-state index is 0.000877. The molecular weight excluding hydrogens is 360 g/mol. The van der Waals surface area contributed by atoms with Crippen molar-refractivity contribution in [3.8, 4) is 11.5 Å². The zero-order valence-corrected chi connectivity index (χ0v) is 15.0. The van der Waals surface area contributed by atoms with E-state index in [0.29, 0.717) is 17.0 Å². The second-order valence-electron chi connectivity index (χ2n) is 6.33. The van der Waals surface area contributed by atoms with Crippen molar-refractivity contribution in [2.75, 3.05) is 6.54 Å². The average Bonchev–Trinajstić information content (AvgIpc) is 3.26. The molecule has 28 heavy (non-hydrogen) atoms. The van der Waals surface area contributed by atoms with E-state index < -0.39 is 17.7 Å². The second-order valence-corrected chi connectivity index (χ2v) is 6.33. The van der Waals surface area contributed by atoms with Gasteiger partial charge in [-0.3, -0.25) is 19.3 Å². The number of benzene rings is 2. The highest BCUT2D eigenvalue weighted by molar-refractivity contribution is 6.22. The normalized spacial score (nSPS) is 13.0. The van der Waals surface area contributed by atoms with Crippen molar-refractivity contribution in [1.82, 2.24) is 20.4 Å². The Hall–Kier alpha value is -3.81. The molecule has 2 aromatic carbocycles. The van der Waals surface area contributed by atoms with Crippen LogP contribution in [0.25, 0.3) is 11.5 Å². The third kappa shape index (κ3) is 3.16. The molecule has 0 saturated carbocycles. The van der Waals surface area contributed by atoms with Gasteiger partial charge in [0.2, 0.25) is 17.7 Å². The highest BCUT2D eigenvalue weighted by atomic mass is 16.4. The Morgan fingerprint density at radius 2 is 1.57 bits per heavy atom. The number of carbonyl (C=O) groups excluding carboxylic acids is 3. The first kappa shape index (κ1) is 17.6. The molecule has 1 aliphatic heterocycles. The number of aryl methyl sites for hydroxylation is 1. The highest BCUT2D eigenvalue weighted by Crippen LogP contribution is 2.22. The summed E-state index contributed by atoms with van der Waals surface area (Å²) in [6, 6.07) is 14.1. The molecule has 3 amide bonds. The molecule has 8 heteroatoms. The number of hydrogen-bond acceptors (Lipinski definition) is 6. The maximum atomic E-state index is 12.3. The fraction of sp³-hybridized carbons (Fsp3) is 0.150. The number of imide groups is 1. The minimum Gasteiger partial charge on any atom is -0.419 e. The smallest absolute Gasteiger partial charge is 0.262 e. The third-order valence-electron chi connectivity index (χ3n) is 4.46. The molecule has 2 heterocycles. The molecule has 0 atom stereocenters. The number of fused-ring (bicyclic) bond motifs is 1. The second kappa shape index (κ2) is 7.07. The molecule has 0 fully saturated rings. The van der Waals surface area contributed by atoms with Crippen LogP contribution in [0.1, 0.15) is 32.2 Å². The van der Waals surface area contributed by atoms with Crippen molar-refractivity contribution in [2.45, 2.75) is 13.5 Å². The molecule has 3 aromatic rings. The average molecular weight is 376 g/mol. The maximum absolute atomic E-state index is 12.3. The monoisotopic (exact) mass is 376 g/mol. The van der Waals surface area contributed by atoms with E-state index in [-0.39, 0.29) is 19.0 Å². The molecule has 0 unspecified atom stereocenters. The molecular formula is C20H16N4O4. The largest absolute Gasteiger partial charge is 0.419 e. The molecule has 8 nitrogen and oxygen atoms in total. The molecule has 0 radical (unpaired) electrons. The van der Waals surface area contributed by atoms with Gasteiger partial charge < -0.3 is 9.73 Å². The lowest BCUT2D eigenvalue weighted by molar-refractivity contribution is -0.121. The first-order valence-corrected chi connectivity index (χ1v) is 8.65. The molecule has 1 N–H and O–H groups in total. The van der Waals surface area contributed by atoms with Gasteiger partial charge >= 0.3 is 0 Å². The maximum Gasteiger partial charge on any atom is 0.262 e. The van der Waals surface area contributed by atoms with Crippen LogP contribution in [0.5, 0.6) is 0 Å². The SMILES string of the molecule is Cc1ccccc1-c1nnc(CNC(=O)CN2C(=O)c3ccccc3C2=O)o1. The number of nitrogens with one attached hydrogen (secondary N) is 1. The lowest BCUT2D eigenvalue weighted by Gasteiger charge is -2.12. The van der Waals surface area contributed by atoms with Gasteiger partial charge in [-0.05, 0) is 30.7 Å². The van der Waals surface area contributed by atoms with Crippen molar-refractivity contribution in [2.24, 2.45) is 0 Å². The summed E-state index contributed by atoms with van der Waals surface area (Å²) in [5.41, 5.74) is 2.42. The lowest BCUT2D eigenvalue weighted by Crippen LogP contribution is -2.40. The Morgan fingerprint density at radius 3 is 2.21 bits per heavy atom. The standard InChI is InChI=1S/C20H16N4O4/c1-12-6-2-3-7-13(12)18-23-22-17(28-18)10-21-16(25)11-24-19(26)14-8-4-5-9-15(14)20(24)27/h2-9H,10-11H2,1H3,(H,21,25). The van der Waals surface area contributed by atoms with Gasteiger partial charge in [0.05, 0.1) is 17.7 Å². The molecule has 0 bridgehead atoms. The summed E-state index contributed by atoms with van der Waals surface area (Å²) >= 11 is 0. The van der Waals surface area contributed by atoms with Crippen LogP contribution < -0.4 is 5.32 Å². The van der Waals surface area contributed by atoms with Crippen LogP contribution in [0.2, 0.25) is 0 Å². The van der Waals surface area contributed by atoms with Gasteiger partial charge in [-0.15, -0.1) is 10.2 Å². The van der Waals surface area contributed by atoms with Crippen molar-refractivity contribution >= 4 is 17.7 Å². The molecule has 0 spiro atoms. The van der Waals surface area contributed by atoms with E-state index in [1.54, 1.807) is 24.3 Å². The van der Waals surface area contributed by atoms with Crippen LogP contribution in [0.15, 0.2) is 52.9 Å². The van der Waals surface area contributed by atoms with E-state index in [9.17, 15) is 14.4 Å². The van der Waals surface area contributed by atoms with Gasteiger partial charge in [-0.2, -0.15) is 0 Å². The molecule has 0 saturated heterocycles. The molecule has 1 aromatic heterocycles. The van der Waals surface area contributed by atoms with E-state index in [4.69, 9.17) is 4.42 Å². The Balaban J connectivity index is 1.38. The number of hydrogen-bond donors (Lipinski definition) is 1. The Kier molecular flexibility index (Phi) is 4.44. The zero-order valence-electron chi connectivity index (χ0n) is 15.0. The van der Waals surface area contributed by atoms with Gasteiger partial charge in [0.25, 0.3) is 11.8 Å². The Labute approximate surface area is 160 Å². The van der Waals surface area contributed by atoms with Gasteiger partial charge in [0, 0.05) is 5.56 Å². The van der Waals surface area contributed by atoms with Crippen molar-refractivity contribution in [3.05, 3.63) is 71.1 Å². The van der Waals surface area contributed by atoms with E-state index in [1.165, 1.54) is 0 Å². The van der Waals surface area contributed by atoms with Gasteiger partial charge in [0.15, 0.2) is 0 Å². The van der Waals surface area contributed by atoms with Gasteiger partial charge in [0.1, 0.15) is 6.54 Å². The minimum atomic E-state index is -0.495. The summed E-state index contributed by atoms with van der Waals surface area (Å²) in [7, 11) is 0. The summed E-state index contributed by atoms with van der Waals surface area (Å²) in [5, 5.41) is 10.5. The van der Waals surface area contributed by atoms with E-state index >= 15 is 0 Å². The number of carbonyl (C=O) groups is 3. The molecule has 1 aliphatic rings. The summed E-state index contributed by atoms with van der Waals surface area (Å²) in [6.07, 6.45) is 0. The number of nitrogens with zero attached hydrogens (tertiary/aromatic N) is 3. The van der Waals surface area contributed by atoms with Crippen LogP contribution in [-0.2, 0) is 11.3 Å². The number of amides is 3. The molecule has 0 aliphatic carbocycles. The van der Waals surface area contributed by atoms with E-state index in [0.717, 1.165) is 16.0 Å². The number of aromatic nitrogens is 2. The summed E-state index contributed by atoms with van der Waals surface area (Å²) < 4.78 is 5.58. The lowest BCUT2D eigenvalue weighted by atomic mass is 10.1. The highest BCUT2D eigenvalue weighted by Gasteiger charge is 2.36. The molecule has 140 valence electrons. The predicted molar refractivity (Wildman–Crippen MR) is 98.1 cm³/mol. The van der Waals surface area contributed by atoms with Crippen LogP contribution in [0.3, 0.4) is 0 Å². The van der Waals surface area contributed by atoms with Gasteiger partial charge in [-0.25, -0.2) is 0 Å². The summed E-state index contributed by atoms with van der Waals surface area (Å²) in [5.74, 6) is -0.854. The third-order valence-corrected chi connectivity index (χ3v) is 4.46. The Morgan fingerprint density at radius 1 is 0.964 bits per heavy atom. The van der Waals surface area contributed by atoms with E-state index in [2.05, 4.69) is 15.5 Å². The first-order valence-electron chi connectivity index (χ1n) is 8.65. The van der Waals surface area contributed by atoms with Crippen molar-refractivity contribution in [3.63, 3.8) is 0 Å². The van der Waals surface area contributed by atoms with Crippen molar-refractivity contribution < 1.29 is 18.8 Å². The van der Waals surface area contributed by atoms with Crippen LogP contribution in [0, 0.1) is 6.92 Å². The molecule has 4 rings (SSSR count). The van der Waals surface area contributed by atoms with E-state index in [1.807, 2.05) is 31.2 Å². The summed E-state index contributed by atoms with van der Waals surface area (Å²) in [6.45, 7) is 1.56. The first-order chi connectivity index (χ1) is 13.5.